The minimum atomic E-state index is 1.08. The van der Waals surface area contributed by atoms with Gasteiger partial charge in [-0.2, -0.15) is 5.10 Å². The van der Waals surface area contributed by atoms with Crippen LogP contribution in [0.25, 0.3) is 5.69 Å². The van der Waals surface area contributed by atoms with E-state index in [1.807, 2.05) is 0 Å². The van der Waals surface area contributed by atoms with E-state index in [1.54, 1.807) is 0 Å². The van der Waals surface area contributed by atoms with Crippen molar-refractivity contribution < 1.29 is 0 Å². The molecule has 96 valence electrons. The van der Waals surface area contributed by atoms with Crippen LogP contribution in [0.15, 0.2) is 30.3 Å². The zero-order valence-corrected chi connectivity index (χ0v) is 11.6. The lowest BCUT2D eigenvalue weighted by Gasteiger charge is -2.07. The SMILES string of the molecule is CCCCc1cc(C)nn1-c1ccc(CC)cc1. The number of rotatable bonds is 5. The fourth-order valence-electron chi connectivity index (χ4n) is 2.19. The lowest BCUT2D eigenvalue weighted by molar-refractivity contribution is 0.726. The number of hydrogen-bond donors (Lipinski definition) is 0. The molecule has 0 amide bonds. The minimum Gasteiger partial charge on any atom is -0.238 e. The van der Waals surface area contributed by atoms with E-state index in [1.165, 1.54) is 29.8 Å². The molecule has 0 N–H and O–H groups in total. The maximum Gasteiger partial charge on any atom is 0.0649 e. The molecule has 0 saturated carbocycles. The average molecular weight is 242 g/mol. The topological polar surface area (TPSA) is 17.8 Å². The molecule has 0 spiro atoms. The van der Waals surface area contributed by atoms with E-state index in [2.05, 4.69) is 60.9 Å². The second-order valence-electron chi connectivity index (χ2n) is 4.81. The fraction of sp³-hybridized carbons (Fsp3) is 0.438. The summed E-state index contributed by atoms with van der Waals surface area (Å²) in [7, 11) is 0. The number of hydrogen-bond acceptors (Lipinski definition) is 1. The Morgan fingerprint density at radius 2 is 1.83 bits per heavy atom. The van der Waals surface area contributed by atoms with Crippen molar-refractivity contribution in [2.45, 2.75) is 46.5 Å². The fourth-order valence-corrected chi connectivity index (χ4v) is 2.19. The predicted molar refractivity (Wildman–Crippen MR) is 76.3 cm³/mol. The molecule has 18 heavy (non-hydrogen) atoms. The highest BCUT2D eigenvalue weighted by Crippen LogP contribution is 2.15. The zero-order chi connectivity index (χ0) is 13.0. The molecule has 2 heteroatoms. The van der Waals surface area contributed by atoms with Crippen molar-refractivity contribution >= 4 is 0 Å². The summed E-state index contributed by atoms with van der Waals surface area (Å²) in [6, 6.07) is 10.9. The van der Waals surface area contributed by atoms with Crippen LogP contribution >= 0.6 is 0 Å². The summed E-state index contributed by atoms with van der Waals surface area (Å²) in [6.07, 6.45) is 4.63. The van der Waals surface area contributed by atoms with Crippen molar-refractivity contribution in [1.29, 1.82) is 0 Å². The Hall–Kier alpha value is -1.57. The van der Waals surface area contributed by atoms with Gasteiger partial charge >= 0.3 is 0 Å². The quantitative estimate of drug-likeness (QED) is 0.772. The van der Waals surface area contributed by atoms with Gasteiger partial charge in [-0.25, -0.2) is 4.68 Å². The molecule has 0 atom stereocenters. The van der Waals surface area contributed by atoms with Gasteiger partial charge in [0.1, 0.15) is 0 Å². The molecule has 0 saturated heterocycles. The van der Waals surface area contributed by atoms with Gasteiger partial charge in [0.15, 0.2) is 0 Å². The second-order valence-corrected chi connectivity index (χ2v) is 4.81. The smallest absolute Gasteiger partial charge is 0.0649 e. The molecule has 1 aromatic carbocycles. The van der Waals surface area contributed by atoms with E-state index < -0.39 is 0 Å². The van der Waals surface area contributed by atoms with Crippen LogP contribution in [0.5, 0.6) is 0 Å². The Labute approximate surface area is 110 Å². The van der Waals surface area contributed by atoms with Gasteiger partial charge in [0.25, 0.3) is 0 Å². The van der Waals surface area contributed by atoms with Gasteiger partial charge in [0.05, 0.1) is 11.4 Å². The molecular weight excluding hydrogens is 220 g/mol. The molecule has 0 aliphatic rings. The van der Waals surface area contributed by atoms with Gasteiger partial charge in [-0.05, 0) is 49.9 Å². The van der Waals surface area contributed by atoms with Gasteiger partial charge in [0.2, 0.25) is 0 Å². The minimum absolute atomic E-state index is 1.08. The molecule has 1 aromatic heterocycles. The van der Waals surface area contributed by atoms with Crippen LogP contribution in [0.2, 0.25) is 0 Å². The lowest BCUT2D eigenvalue weighted by Crippen LogP contribution is -2.02. The van der Waals surface area contributed by atoms with Crippen molar-refractivity contribution in [2.75, 3.05) is 0 Å². The number of aromatic nitrogens is 2. The van der Waals surface area contributed by atoms with Gasteiger partial charge in [-0.1, -0.05) is 32.4 Å². The Kier molecular flexibility index (Phi) is 4.19. The largest absolute Gasteiger partial charge is 0.238 e. The van der Waals surface area contributed by atoms with E-state index >= 15 is 0 Å². The highest BCUT2D eigenvalue weighted by atomic mass is 15.3. The summed E-state index contributed by atoms with van der Waals surface area (Å²) in [6.45, 7) is 6.47. The van der Waals surface area contributed by atoms with Crippen LogP contribution < -0.4 is 0 Å². The third kappa shape index (κ3) is 2.81. The van der Waals surface area contributed by atoms with Crippen LogP contribution in [0.3, 0.4) is 0 Å². The van der Waals surface area contributed by atoms with Crippen LogP contribution in [0, 0.1) is 6.92 Å². The number of nitrogens with zero attached hydrogens (tertiary/aromatic N) is 2. The Bertz CT molecular complexity index is 494. The molecule has 0 fully saturated rings. The van der Waals surface area contributed by atoms with Crippen LogP contribution in [0.4, 0.5) is 0 Å². The predicted octanol–water partition coefficient (Wildman–Crippen LogP) is 4.09. The lowest BCUT2D eigenvalue weighted by atomic mass is 10.1. The van der Waals surface area contributed by atoms with Crippen molar-refractivity contribution in [3.8, 4) is 5.69 Å². The van der Waals surface area contributed by atoms with Gasteiger partial charge in [-0.15, -0.1) is 0 Å². The normalized spacial score (nSPS) is 10.8. The summed E-state index contributed by atoms with van der Waals surface area (Å²) < 4.78 is 2.09. The maximum atomic E-state index is 4.61. The molecule has 0 unspecified atom stereocenters. The number of aryl methyl sites for hydroxylation is 3. The molecule has 0 aliphatic heterocycles. The molecule has 0 radical (unpaired) electrons. The molecule has 0 bridgehead atoms. The third-order valence-electron chi connectivity index (χ3n) is 3.28. The first-order valence-corrected chi connectivity index (χ1v) is 6.89. The summed E-state index contributed by atoms with van der Waals surface area (Å²) in [4.78, 5) is 0. The Morgan fingerprint density at radius 1 is 1.11 bits per heavy atom. The number of benzene rings is 1. The van der Waals surface area contributed by atoms with E-state index in [4.69, 9.17) is 0 Å². The third-order valence-corrected chi connectivity index (χ3v) is 3.28. The summed E-state index contributed by atoms with van der Waals surface area (Å²) in [5.74, 6) is 0. The van der Waals surface area contributed by atoms with E-state index in [9.17, 15) is 0 Å². The first kappa shape index (κ1) is 12.9. The first-order valence-electron chi connectivity index (χ1n) is 6.89. The highest BCUT2D eigenvalue weighted by Gasteiger charge is 2.06. The summed E-state index contributed by atoms with van der Waals surface area (Å²) in [5, 5.41) is 4.61. The first-order chi connectivity index (χ1) is 8.74. The molecular formula is C16H22N2. The van der Waals surface area contributed by atoms with Crippen molar-refractivity contribution in [3.63, 3.8) is 0 Å². The van der Waals surface area contributed by atoms with Crippen LogP contribution in [-0.2, 0) is 12.8 Å². The Morgan fingerprint density at radius 3 is 2.44 bits per heavy atom. The maximum absolute atomic E-state index is 4.61. The van der Waals surface area contributed by atoms with Crippen LogP contribution in [0.1, 0.15) is 43.6 Å². The molecule has 2 rings (SSSR count). The summed E-state index contributed by atoms with van der Waals surface area (Å²) in [5.41, 5.74) is 4.96. The van der Waals surface area contributed by atoms with Crippen molar-refractivity contribution in [2.24, 2.45) is 0 Å². The van der Waals surface area contributed by atoms with Crippen LogP contribution in [-0.4, -0.2) is 9.78 Å². The van der Waals surface area contributed by atoms with E-state index in [0.717, 1.165) is 18.5 Å². The number of unbranched alkanes of at least 4 members (excludes halogenated alkanes) is 1. The Balaban J connectivity index is 2.30. The monoisotopic (exact) mass is 242 g/mol. The van der Waals surface area contributed by atoms with E-state index in [-0.39, 0.29) is 0 Å². The van der Waals surface area contributed by atoms with Gasteiger partial charge < -0.3 is 0 Å². The molecule has 1 heterocycles. The summed E-state index contributed by atoms with van der Waals surface area (Å²) >= 11 is 0. The molecule has 2 aromatic rings. The zero-order valence-electron chi connectivity index (χ0n) is 11.6. The van der Waals surface area contributed by atoms with Crippen molar-refractivity contribution in [3.05, 3.63) is 47.3 Å². The van der Waals surface area contributed by atoms with Crippen molar-refractivity contribution in [1.82, 2.24) is 9.78 Å². The van der Waals surface area contributed by atoms with Gasteiger partial charge in [-0.3, -0.25) is 0 Å². The average Bonchev–Trinajstić information content (AvgIpc) is 2.77. The highest BCUT2D eigenvalue weighted by molar-refractivity contribution is 5.36. The molecule has 0 aliphatic carbocycles. The van der Waals surface area contributed by atoms with E-state index in [0.29, 0.717) is 0 Å². The standard InChI is InChI=1S/C16H22N2/c1-4-6-7-16-12-13(3)17-18(16)15-10-8-14(5-2)9-11-15/h8-12H,4-7H2,1-3H3. The second kappa shape index (κ2) is 5.85. The molecule has 2 nitrogen and oxygen atoms in total. The van der Waals surface area contributed by atoms with Gasteiger partial charge in [0, 0.05) is 5.69 Å².